The number of likely N-dealkylation sites (tertiary alicyclic amines) is 1. The Kier molecular flexibility index (Phi) is 12.5. The number of H-pyrrole nitrogens is 1. The van der Waals surface area contributed by atoms with Crippen LogP contribution in [0.15, 0.2) is 48.8 Å². The fourth-order valence-electron chi connectivity index (χ4n) is 5.72. The van der Waals surface area contributed by atoms with Crippen LogP contribution in [0.1, 0.15) is 71.7 Å². The first-order valence-corrected chi connectivity index (χ1v) is 17.9. The second-order valence-electron chi connectivity index (χ2n) is 13.3. The Morgan fingerprint density at radius 1 is 0.882 bits per heavy atom. The Balaban J connectivity index is 1.23. The third kappa shape index (κ3) is 10.9. The van der Waals surface area contributed by atoms with Crippen LogP contribution in [-0.4, -0.2) is 67.5 Å². The van der Waals surface area contributed by atoms with Gasteiger partial charge in [-0.1, -0.05) is 29.3 Å². The summed E-state index contributed by atoms with van der Waals surface area (Å²) in [7, 11) is 0. The van der Waals surface area contributed by atoms with Gasteiger partial charge in [0.1, 0.15) is 28.5 Å². The van der Waals surface area contributed by atoms with E-state index in [0.29, 0.717) is 83.5 Å². The number of pyridine rings is 1. The molecule has 0 radical (unpaired) electrons. The molecule has 6 rings (SSSR count). The molecule has 0 amide bonds. The zero-order chi connectivity index (χ0) is 35.9. The molecule has 2 heterocycles. The standard InChI is InChI=1S/C37H40Cl2F2N2O8/c38-29-16-42-17-30(39)28(29)15-33(24-5-8-32(51-37(40)41)34(14-24)48-20-23-3-4-23)50-36(46)25-6-7-31(47-19-22-1-2-22)26(13-25)21-49-35(45)18-43-11-9-27(44)10-12-43/h5-8,13-14,16-17,22-23,27,33,37,44H,1-4,9-12,15,18-21H2/p+1/t33-/m0/s1. The summed E-state index contributed by atoms with van der Waals surface area (Å²) in [5.74, 6) is 0.130. The summed E-state index contributed by atoms with van der Waals surface area (Å²) in [4.78, 5) is 31.4. The smallest absolute Gasteiger partial charge is 0.387 e. The average molecular weight is 751 g/mol. The predicted octanol–water partition coefficient (Wildman–Crippen LogP) is 6.63. The molecule has 1 aliphatic heterocycles. The van der Waals surface area contributed by atoms with Gasteiger partial charge in [-0.05, 0) is 86.3 Å². The number of aromatic nitrogens is 1. The molecular weight excluding hydrogens is 709 g/mol. The highest BCUT2D eigenvalue weighted by Crippen LogP contribution is 2.38. The number of rotatable bonds is 17. The van der Waals surface area contributed by atoms with E-state index >= 15 is 0 Å². The van der Waals surface area contributed by atoms with E-state index in [-0.39, 0.29) is 42.7 Å². The second-order valence-corrected chi connectivity index (χ2v) is 14.1. The van der Waals surface area contributed by atoms with E-state index < -0.39 is 24.7 Å². The summed E-state index contributed by atoms with van der Waals surface area (Å²) >= 11 is 13.0. The number of esters is 2. The summed E-state index contributed by atoms with van der Waals surface area (Å²) in [6, 6.07) is 9.22. The lowest BCUT2D eigenvalue weighted by Gasteiger charge is -2.28. The van der Waals surface area contributed by atoms with Crippen LogP contribution in [0.3, 0.4) is 0 Å². The third-order valence-corrected chi connectivity index (χ3v) is 9.80. The molecule has 274 valence electrons. The van der Waals surface area contributed by atoms with Gasteiger partial charge in [-0.25, -0.2) is 9.78 Å². The fraction of sp³-hybridized carbons (Fsp3) is 0.486. The van der Waals surface area contributed by atoms with Crippen LogP contribution in [-0.2, 0) is 27.3 Å². The quantitative estimate of drug-likeness (QED) is 0.152. The molecule has 3 aliphatic rings. The topological polar surface area (TPSA) is 118 Å². The number of carbonyl (C=O) groups excluding carboxylic acids is 2. The number of hydrogen-bond acceptors (Lipinski definition) is 9. The van der Waals surface area contributed by atoms with Crippen molar-refractivity contribution in [3.05, 3.63) is 81.1 Å². The number of nitrogens with zero attached hydrogens (tertiary/aromatic N) is 1. The number of benzene rings is 2. The van der Waals surface area contributed by atoms with E-state index in [2.05, 4.69) is 4.98 Å². The maximum absolute atomic E-state index is 13.9. The van der Waals surface area contributed by atoms with Gasteiger partial charge in [-0.15, -0.1) is 0 Å². The van der Waals surface area contributed by atoms with Gasteiger partial charge in [-0.3, -0.25) is 9.69 Å². The molecule has 0 unspecified atom stereocenters. The van der Waals surface area contributed by atoms with Crippen LogP contribution in [0.4, 0.5) is 8.78 Å². The summed E-state index contributed by atoms with van der Waals surface area (Å²) in [5.41, 5.74) is 1.62. The molecule has 0 bridgehead atoms. The highest BCUT2D eigenvalue weighted by atomic mass is 35.5. The van der Waals surface area contributed by atoms with Gasteiger partial charge in [0.2, 0.25) is 0 Å². The van der Waals surface area contributed by atoms with E-state index in [1.165, 1.54) is 18.2 Å². The molecule has 2 saturated carbocycles. The van der Waals surface area contributed by atoms with Crippen molar-refractivity contribution in [2.45, 2.75) is 70.4 Å². The van der Waals surface area contributed by atoms with Crippen LogP contribution in [0.25, 0.3) is 0 Å². The minimum atomic E-state index is -3.06. The molecule has 10 nitrogen and oxygen atoms in total. The van der Waals surface area contributed by atoms with Crippen LogP contribution >= 0.6 is 23.2 Å². The molecule has 2 N–H and O–H groups in total. The Labute approximate surface area is 304 Å². The molecular formula is C37H41Cl2F2N2O8+. The lowest BCUT2D eigenvalue weighted by atomic mass is 10.0. The number of aromatic amines is 1. The number of aliphatic hydroxyl groups is 1. The summed E-state index contributed by atoms with van der Waals surface area (Å²) in [5, 5.41) is 10.4. The Morgan fingerprint density at radius 2 is 1.53 bits per heavy atom. The minimum Gasteiger partial charge on any atom is -0.493 e. The molecule has 2 aromatic carbocycles. The van der Waals surface area contributed by atoms with Gasteiger partial charge in [0.15, 0.2) is 23.9 Å². The first-order chi connectivity index (χ1) is 24.6. The van der Waals surface area contributed by atoms with Gasteiger partial charge >= 0.3 is 18.6 Å². The van der Waals surface area contributed by atoms with Crippen molar-refractivity contribution in [1.82, 2.24) is 4.90 Å². The zero-order valence-electron chi connectivity index (χ0n) is 28.0. The third-order valence-electron chi connectivity index (χ3n) is 9.13. The number of nitrogens with one attached hydrogen (secondary N) is 1. The highest BCUT2D eigenvalue weighted by Gasteiger charge is 2.28. The zero-order valence-corrected chi connectivity index (χ0v) is 29.5. The molecule has 1 aromatic heterocycles. The number of alkyl halides is 2. The summed E-state index contributed by atoms with van der Waals surface area (Å²) in [6.07, 6.45) is 7.15. The largest absolute Gasteiger partial charge is 0.493 e. The Morgan fingerprint density at radius 3 is 2.18 bits per heavy atom. The number of carbonyl (C=O) groups is 2. The van der Waals surface area contributed by atoms with E-state index in [9.17, 15) is 23.5 Å². The van der Waals surface area contributed by atoms with Gasteiger partial charge in [0.05, 0.1) is 31.4 Å². The molecule has 0 spiro atoms. The Hall–Kier alpha value is -3.71. The van der Waals surface area contributed by atoms with E-state index in [4.69, 9.17) is 46.9 Å². The number of ether oxygens (including phenoxy) is 5. The van der Waals surface area contributed by atoms with Crippen LogP contribution in [0.5, 0.6) is 17.2 Å². The van der Waals surface area contributed by atoms with Crippen LogP contribution in [0, 0.1) is 11.8 Å². The van der Waals surface area contributed by atoms with Crippen molar-refractivity contribution in [1.29, 1.82) is 0 Å². The summed E-state index contributed by atoms with van der Waals surface area (Å²) in [6.45, 7) is -1.05. The number of aliphatic hydroxyl groups excluding tert-OH is 1. The highest BCUT2D eigenvalue weighted by molar-refractivity contribution is 6.35. The van der Waals surface area contributed by atoms with Crippen molar-refractivity contribution in [2.24, 2.45) is 11.8 Å². The van der Waals surface area contributed by atoms with Crippen molar-refractivity contribution in [3.63, 3.8) is 0 Å². The van der Waals surface area contributed by atoms with Crippen molar-refractivity contribution < 1.29 is 52.1 Å². The maximum atomic E-state index is 13.9. The van der Waals surface area contributed by atoms with Crippen molar-refractivity contribution >= 4 is 35.1 Å². The van der Waals surface area contributed by atoms with Gasteiger partial charge in [-0.2, -0.15) is 8.78 Å². The Bertz CT molecular complexity index is 1660. The normalized spacial score (nSPS) is 17.2. The number of piperidine rings is 1. The second kappa shape index (κ2) is 17.2. The van der Waals surface area contributed by atoms with Crippen molar-refractivity contribution in [3.8, 4) is 17.2 Å². The van der Waals surface area contributed by atoms with Crippen LogP contribution < -0.4 is 19.2 Å². The molecule has 1 atom stereocenters. The molecule has 3 fully saturated rings. The average Bonchev–Trinajstić information content (AvgIpc) is 4.04. The SMILES string of the molecule is O=C(CN1CCC(O)CC1)OCc1cc(C(=O)O[C@@H](Cc2c(Cl)c[nH+]cc2Cl)c2ccc(OC(F)F)c(OCC3CC3)c2)ccc1OCC1CC1. The molecule has 3 aromatic rings. The fourth-order valence-corrected chi connectivity index (χ4v) is 6.25. The van der Waals surface area contributed by atoms with Gasteiger partial charge in [0.25, 0.3) is 0 Å². The van der Waals surface area contributed by atoms with Gasteiger partial charge in [0, 0.05) is 30.6 Å². The van der Waals surface area contributed by atoms with E-state index in [0.717, 1.165) is 25.7 Å². The lowest BCUT2D eigenvalue weighted by molar-refractivity contribution is -0.377. The predicted molar refractivity (Wildman–Crippen MR) is 182 cm³/mol. The first-order valence-electron chi connectivity index (χ1n) is 17.2. The molecule has 2 aliphatic carbocycles. The van der Waals surface area contributed by atoms with Crippen molar-refractivity contribution in [2.75, 3.05) is 32.8 Å². The lowest BCUT2D eigenvalue weighted by Crippen LogP contribution is -2.39. The van der Waals surface area contributed by atoms with E-state index in [1.807, 2.05) is 4.90 Å². The van der Waals surface area contributed by atoms with Gasteiger partial charge < -0.3 is 28.8 Å². The molecule has 1 saturated heterocycles. The molecule has 51 heavy (non-hydrogen) atoms. The minimum absolute atomic E-state index is 0.0514. The van der Waals surface area contributed by atoms with Crippen LogP contribution in [0.2, 0.25) is 10.0 Å². The number of hydrogen-bond donors (Lipinski definition) is 1. The number of halogens is 4. The maximum Gasteiger partial charge on any atom is 0.387 e. The summed E-state index contributed by atoms with van der Waals surface area (Å²) < 4.78 is 54.9. The van der Waals surface area contributed by atoms with E-state index in [1.54, 1.807) is 30.6 Å². The monoisotopic (exact) mass is 749 g/mol. The molecule has 14 heteroatoms. The first kappa shape index (κ1) is 37.1.